The predicted octanol–water partition coefficient (Wildman–Crippen LogP) is 6.55. The topological polar surface area (TPSA) is 191 Å². The van der Waals surface area contributed by atoms with E-state index < -0.39 is 37.5 Å². The zero-order chi connectivity index (χ0) is 45.0. The van der Waals surface area contributed by atoms with E-state index in [1.165, 1.54) is 30.2 Å². The maximum atomic E-state index is 14.1. The number of pyridine rings is 1. The number of fused-ring (bicyclic) bond motifs is 2. The van der Waals surface area contributed by atoms with Crippen molar-refractivity contribution in [1.82, 2.24) is 24.5 Å². The molecule has 5 aromatic rings. The molecule has 4 aliphatic heterocycles. The lowest BCUT2D eigenvalue weighted by Gasteiger charge is -2.57. The highest BCUT2D eigenvalue weighted by atomic mass is 32.2. The number of nitro benzene ring substituents is 1. The van der Waals surface area contributed by atoms with Crippen LogP contribution in [-0.4, -0.2) is 123 Å². The summed E-state index contributed by atoms with van der Waals surface area (Å²) < 4.78 is 59.7. The third-order valence-electron chi connectivity index (χ3n) is 14.4. The zero-order valence-corrected chi connectivity index (χ0v) is 37.4. The zero-order valence-electron chi connectivity index (χ0n) is 36.6. The first-order chi connectivity index (χ1) is 32.1. The second-order valence-electron chi connectivity index (χ2n) is 18.6. The van der Waals surface area contributed by atoms with Gasteiger partial charge in [-0.15, -0.1) is 0 Å². The first-order valence-electron chi connectivity index (χ1n) is 23.0. The Bertz CT molecular complexity index is 2760. The Hall–Kier alpha value is -5.79. The summed E-state index contributed by atoms with van der Waals surface area (Å²) in [5.41, 5.74) is 4.06. The van der Waals surface area contributed by atoms with Crippen molar-refractivity contribution in [2.75, 3.05) is 77.2 Å². The summed E-state index contributed by atoms with van der Waals surface area (Å²) in [6.07, 6.45) is 9.68. The summed E-state index contributed by atoms with van der Waals surface area (Å²) in [7, 11) is -4.67. The number of piperidine rings is 1. The van der Waals surface area contributed by atoms with Crippen LogP contribution in [0.1, 0.15) is 72.0 Å². The SMILES string of the molecule is O=C(NS(=O)(=O)c1cc2c(c([N+](=O)[O-])c1)O[C@H](CN1CCOCC1)CO2)c1ccc(N2CCC3(CC2)CC(N2CCOC[C@H]2c2ccccc2C2CC2)C3)cc1Oc1cnc2[nH]ccc2c1. The number of aromatic amines is 1. The number of carbonyl (C=O) groups excluding carboxylic acids is 1. The van der Waals surface area contributed by atoms with Gasteiger partial charge < -0.3 is 33.6 Å². The standard InChI is InChI=1S/C48H53N7O10S/c56-47(51-66(59,60)37-23-41(55(57)58)45-44(24-37)63-29-36(65-45)28-52-15-18-61-19-16-52)40-8-7-33(22-43(40)64-35-21-32-9-12-49-46(32)50-27-35)53-13-10-48(11-14-53)25-34(26-48)54-17-20-62-30-42(54)39-4-2-1-3-38(39)31-5-6-31/h1-4,7-9,12,21-24,27,31,34,36,42H,5-6,10-11,13-20,25-26,28-30H2,(H,49,50)(H,51,56)/t36-,42+/m1/s1. The molecular formula is C48H53N7O10S. The van der Waals surface area contributed by atoms with E-state index in [-0.39, 0.29) is 40.9 Å². The van der Waals surface area contributed by atoms with Gasteiger partial charge in [-0.25, -0.2) is 18.1 Å². The molecule has 2 atom stereocenters. The van der Waals surface area contributed by atoms with E-state index in [1.807, 2.05) is 12.1 Å². The van der Waals surface area contributed by atoms with Crippen LogP contribution in [0.15, 0.2) is 84.0 Å². The van der Waals surface area contributed by atoms with Crippen LogP contribution in [0.2, 0.25) is 0 Å². The first-order valence-corrected chi connectivity index (χ1v) is 24.5. The molecule has 17 nitrogen and oxygen atoms in total. The minimum Gasteiger partial charge on any atom is -0.485 e. The molecule has 1 spiro atoms. The molecule has 3 aromatic carbocycles. The minimum atomic E-state index is -4.67. The molecule has 0 bridgehead atoms. The molecule has 2 aromatic heterocycles. The Morgan fingerprint density at radius 3 is 2.52 bits per heavy atom. The van der Waals surface area contributed by atoms with Crippen LogP contribution >= 0.6 is 0 Å². The molecule has 5 fully saturated rings. The molecule has 2 aliphatic carbocycles. The van der Waals surface area contributed by atoms with Gasteiger partial charge in [0.1, 0.15) is 29.9 Å². The number of ether oxygens (including phenoxy) is 5. The second kappa shape index (κ2) is 17.5. The van der Waals surface area contributed by atoms with Gasteiger partial charge >= 0.3 is 5.69 Å². The number of rotatable bonds is 12. The number of sulfonamides is 1. The van der Waals surface area contributed by atoms with E-state index in [9.17, 15) is 23.3 Å². The fourth-order valence-electron chi connectivity index (χ4n) is 10.7. The average Bonchev–Trinajstić information content (AvgIpc) is 4.07. The molecule has 11 rings (SSSR count). The normalized spacial score (nSPS) is 22.5. The fraction of sp³-hybridized carbons (Fsp3) is 0.458. The molecule has 2 N–H and O–H groups in total. The van der Waals surface area contributed by atoms with Gasteiger partial charge in [0.2, 0.25) is 5.75 Å². The summed E-state index contributed by atoms with van der Waals surface area (Å²) in [5.74, 6) is -0.0752. The van der Waals surface area contributed by atoms with Crippen LogP contribution in [-0.2, 0) is 19.5 Å². The second-order valence-corrected chi connectivity index (χ2v) is 20.3. The Labute approximate surface area is 382 Å². The van der Waals surface area contributed by atoms with Crippen molar-refractivity contribution in [2.24, 2.45) is 5.41 Å². The fourth-order valence-corrected chi connectivity index (χ4v) is 11.7. The van der Waals surface area contributed by atoms with Crippen LogP contribution in [0, 0.1) is 15.5 Å². The van der Waals surface area contributed by atoms with E-state index in [4.69, 9.17) is 23.7 Å². The van der Waals surface area contributed by atoms with Crippen LogP contribution in [0.3, 0.4) is 0 Å². The van der Waals surface area contributed by atoms with Crippen molar-refractivity contribution in [3.05, 3.63) is 106 Å². The molecule has 2 saturated carbocycles. The molecule has 346 valence electrons. The number of amides is 1. The van der Waals surface area contributed by atoms with E-state index in [0.29, 0.717) is 56.2 Å². The maximum Gasteiger partial charge on any atom is 0.316 e. The van der Waals surface area contributed by atoms with Crippen molar-refractivity contribution < 1.29 is 41.8 Å². The summed E-state index contributed by atoms with van der Waals surface area (Å²) in [4.78, 5) is 39.8. The highest BCUT2D eigenvalue weighted by Gasteiger charge is 2.50. The van der Waals surface area contributed by atoms with Gasteiger partial charge in [-0.1, -0.05) is 24.3 Å². The van der Waals surface area contributed by atoms with E-state index in [1.54, 1.807) is 24.4 Å². The number of benzene rings is 3. The van der Waals surface area contributed by atoms with Crippen LogP contribution in [0.25, 0.3) is 11.0 Å². The highest BCUT2D eigenvalue weighted by Crippen LogP contribution is 2.54. The van der Waals surface area contributed by atoms with E-state index >= 15 is 0 Å². The third kappa shape index (κ3) is 8.56. The Morgan fingerprint density at radius 2 is 1.73 bits per heavy atom. The average molecular weight is 920 g/mol. The van der Waals surface area contributed by atoms with Crippen LogP contribution in [0.4, 0.5) is 11.4 Å². The van der Waals surface area contributed by atoms with Crippen molar-refractivity contribution in [3.8, 4) is 23.0 Å². The van der Waals surface area contributed by atoms with Gasteiger partial charge in [0.15, 0.2) is 5.75 Å². The van der Waals surface area contributed by atoms with E-state index in [0.717, 1.165) is 81.7 Å². The van der Waals surface area contributed by atoms with Gasteiger partial charge in [-0.05, 0) is 85.3 Å². The number of aromatic nitrogens is 2. The Kier molecular flexibility index (Phi) is 11.3. The summed E-state index contributed by atoms with van der Waals surface area (Å²) in [6.45, 7) is 7.10. The van der Waals surface area contributed by atoms with Crippen molar-refractivity contribution in [2.45, 2.75) is 67.5 Å². The molecule has 1 amide bonds. The predicted molar refractivity (Wildman–Crippen MR) is 243 cm³/mol. The maximum absolute atomic E-state index is 14.1. The Balaban J connectivity index is 0.800. The Morgan fingerprint density at radius 1 is 0.939 bits per heavy atom. The third-order valence-corrected chi connectivity index (χ3v) is 15.7. The minimum absolute atomic E-state index is 0.0480. The number of carbonyl (C=O) groups is 1. The van der Waals surface area contributed by atoms with Gasteiger partial charge in [0.05, 0.1) is 54.0 Å². The van der Waals surface area contributed by atoms with Gasteiger partial charge in [0.25, 0.3) is 15.9 Å². The van der Waals surface area contributed by atoms with Crippen LogP contribution < -0.4 is 23.8 Å². The van der Waals surface area contributed by atoms with Gasteiger partial charge in [-0.3, -0.25) is 24.7 Å². The monoisotopic (exact) mass is 919 g/mol. The van der Waals surface area contributed by atoms with Crippen LogP contribution in [0.5, 0.6) is 23.0 Å². The summed E-state index contributed by atoms with van der Waals surface area (Å²) in [5, 5.41) is 13.1. The quantitative estimate of drug-likeness (QED) is 0.101. The number of nitrogens with one attached hydrogen (secondary N) is 2. The lowest BCUT2D eigenvalue weighted by Crippen LogP contribution is -2.58. The number of nitro groups is 1. The molecule has 3 saturated heterocycles. The molecule has 6 aliphatic rings. The highest BCUT2D eigenvalue weighted by molar-refractivity contribution is 7.90. The first kappa shape index (κ1) is 42.8. The van der Waals surface area contributed by atoms with Gasteiger partial charge in [0, 0.05) is 80.8 Å². The number of H-pyrrole nitrogens is 1. The van der Waals surface area contributed by atoms with Crippen molar-refractivity contribution in [1.29, 1.82) is 0 Å². The summed E-state index contributed by atoms with van der Waals surface area (Å²) in [6, 6.07) is 20.5. The molecule has 6 heterocycles. The molecule has 0 radical (unpaired) electrons. The number of anilines is 1. The van der Waals surface area contributed by atoms with Crippen molar-refractivity contribution >= 4 is 38.3 Å². The van der Waals surface area contributed by atoms with Crippen molar-refractivity contribution in [3.63, 3.8) is 0 Å². The molecular weight excluding hydrogens is 867 g/mol. The van der Waals surface area contributed by atoms with E-state index in [2.05, 4.69) is 53.7 Å². The number of morpholine rings is 2. The molecule has 0 unspecified atom stereocenters. The lowest BCUT2D eigenvalue weighted by atomic mass is 9.59. The molecule has 18 heteroatoms. The summed E-state index contributed by atoms with van der Waals surface area (Å²) >= 11 is 0. The van der Waals surface area contributed by atoms with Gasteiger partial charge in [-0.2, -0.15) is 0 Å². The number of nitrogens with zero attached hydrogens (tertiary/aromatic N) is 5. The molecule has 66 heavy (non-hydrogen) atoms. The lowest BCUT2D eigenvalue weighted by molar-refractivity contribution is -0.386. The smallest absolute Gasteiger partial charge is 0.316 e. The number of hydrogen-bond acceptors (Lipinski definition) is 14. The number of hydrogen-bond donors (Lipinski definition) is 2. The largest absolute Gasteiger partial charge is 0.485 e.